The fraction of sp³-hybridized carbons (Fsp3) is 0.278. The Labute approximate surface area is 168 Å². The number of hydrazine groups is 1. The van der Waals surface area contributed by atoms with Crippen LogP contribution in [0.25, 0.3) is 0 Å². The number of nitrogens with one attached hydrogen (secondary N) is 2. The standard InChI is InChI=1S/C18H25N7O2S/c1-11(2)15-7-5-13(10-21-15)22-17(26)14-9-12(24-27-4)6-8-16(14)28-18(23-19)25(3)20/h5-11,24H,19-20H2,1-4H3,(H,22,26)/b23-18+. The first-order chi connectivity index (χ1) is 13.3. The van der Waals surface area contributed by atoms with Crippen LogP contribution in [0.4, 0.5) is 11.4 Å². The maximum Gasteiger partial charge on any atom is 0.256 e. The summed E-state index contributed by atoms with van der Waals surface area (Å²) in [5.41, 5.74) is 5.29. The van der Waals surface area contributed by atoms with E-state index in [1.165, 1.54) is 23.9 Å². The van der Waals surface area contributed by atoms with E-state index in [9.17, 15) is 4.79 Å². The third-order valence-corrected chi connectivity index (χ3v) is 4.85. The first kappa shape index (κ1) is 21.5. The average Bonchev–Trinajstić information content (AvgIpc) is 2.67. The summed E-state index contributed by atoms with van der Waals surface area (Å²) in [6.45, 7) is 4.12. The molecule has 0 saturated heterocycles. The monoisotopic (exact) mass is 403 g/mol. The number of nitrogens with two attached hydrogens (primary N) is 2. The molecule has 0 fully saturated rings. The van der Waals surface area contributed by atoms with E-state index in [1.807, 2.05) is 12.1 Å². The highest BCUT2D eigenvalue weighted by atomic mass is 32.2. The zero-order chi connectivity index (χ0) is 20.7. The summed E-state index contributed by atoms with van der Waals surface area (Å²) in [6, 6.07) is 8.91. The van der Waals surface area contributed by atoms with Crippen LogP contribution < -0.4 is 22.5 Å². The van der Waals surface area contributed by atoms with Gasteiger partial charge in [-0.25, -0.2) is 5.84 Å². The van der Waals surface area contributed by atoms with Crippen LogP contribution in [-0.2, 0) is 4.84 Å². The summed E-state index contributed by atoms with van der Waals surface area (Å²) >= 11 is 1.18. The molecule has 0 radical (unpaired) electrons. The summed E-state index contributed by atoms with van der Waals surface area (Å²) in [5, 5.41) is 8.14. The molecule has 9 nitrogen and oxygen atoms in total. The van der Waals surface area contributed by atoms with Crippen LogP contribution in [0.5, 0.6) is 0 Å². The predicted molar refractivity (Wildman–Crippen MR) is 113 cm³/mol. The number of anilines is 2. The quantitative estimate of drug-likeness (QED) is 0.190. The number of aromatic nitrogens is 1. The molecular formula is C18H25N7O2S. The predicted octanol–water partition coefficient (Wildman–Crippen LogP) is 2.56. The molecule has 0 atom stereocenters. The molecule has 0 bridgehead atoms. The second-order valence-electron chi connectivity index (χ2n) is 6.22. The topological polar surface area (TPSA) is 131 Å². The summed E-state index contributed by atoms with van der Waals surface area (Å²) in [5.74, 6) is 11.1. The Balaban J connectivity index is 2.31. The van der Waals surface area contributed by atoms with Crippen molar-refractivity contribution in [3.05, 3.63) is 47.8 Å². The van der Waals surface area contributed by atoms with Gasteiger partial charge in [0.25, 0.3) is 5.91 Å². The van der Waals surface area contributed by atoms with Crippen LogP contribution in [0.3, 0.4) is 0 Å². The lowest BCUT2D eigenvalue weighted by molar-refractivity contribution is 0.102. The van der Waals surface area contributed by atoms with Gasteiger partial charge in [0, 0.05) is 17.6 Å². The van der Waals surface area contributed by atoms with E-state index in [2.05, 4.69) is 34.7 Å². The van der Waals surface area contributed by atoms with Gasteiger partial charge in [0.05, 0.1) is 30.2 Å². The molecule has 0 spiro atoms. The van der Waals surface area contributed by atoms with E-state index >= 15 is 0 Å². The Bertz CT molecular complexity index is 838. The van der Waals surface area contributed by atoms with Crippen molar-refractivity contribution in [2.45, 2.75) is 24.7 Å². The van der Waals surface area contributed by atoms with Gasteiger partial charge in [-0.3, -0.25) is 25.1 Å². The highest BCUT2D eigenvalue weighted by Gasteiger charge is 2.17. The van der Waals surface area contributed by atoms with Crippen LogP contribution in [0.2, 0.25) is 0 Å². The van der Waals surface area contributed by atoms with E-state index < -0.39 is 0 Å². The van der Waals surface area contributed by atoms with Gasteiger partial charge in [0.15, 0.2) is 0 Å². The first-order valence-electron chi connectivity index (χ1n) is 8.50. The van der Waals surface area contributed by atoms with Crippen molar-refractivity contribution in [3.63, 3.8) is 0 Å². The Kier molecular flexibility index (Phi) is 7.61. The molecule has 28 heavy (non-hydrogen) atoms. The van der Waals surface area contributed by atoms with Gasteiger partial charge >= 0.3 is 0 Å². The van der Waals surface area contributed by atoms with Crippen molar-refractivity contribution in [2.75, 3.05) is 25.0 Å². The Morgan fingerprint density at radius 2 is 2.00 bits per heavy atom. The third kappa shape index (κ3) is 5.59. The second-order valence-corrected chi connectivity index (χ2v) is 7.23. The number of hydrazone groups is 1. The number of pyridine rings is 1. The molecule has 1 aromatic heterocycles. The summed E-state index contributed by atoms with van der Waals surface area (Å²) in [7, 11) is 3.11. The molecule has 0 aliphatic rings. The van der Waals surface area contributed by atoms with Gasteiger partial charge in [0.2, 0.25) is 5.17 Å². The minimum absolute atomic E-state index is 0.308. The lowest BCUT2D eigenvalue weighted by atomic mass is 10.1. The first-order valence-corrected chi connectivity index (χ1v) is 9.31. The number of benzene rings is 1. The number of amides is 1. The van der Waals surface area contributed by atoms with E-state index in [1.54, 1.807) is 31.4 Å². The summed E-state index contributed by atoms with van der Waals surface area (Å²) < 4.78 is 0. The minimum atomic E-state index is -0.308. The van der Waals surface area contributed by atoms with Crippen molar-refractivity contribution in [1.82, 2.24) is 9.99 Å². The maximum atomic E-state index is 12.9. The fourth-order valence-electron chi connectivity index (χ4n) is 2.28. The van der Waals surface area contributed by atoms with E-state index in [4.69, 9.17) is 16.5 Å². The highest BCUT2D eigenvalue weighted by molar-refractivity contribution is 8.13. The van der Waals surface area contributed by atoms with Crippen molar-refractivity contribution < 1.29 is 9.63 Å². The van der Waals surface area contributed by atoms with Gasteiger partial charge in [0.1, 0.15) is 0 Å². The van der Waals surface area contributed by atoms with E-state index in [-0.39, 0.29) is 5.91 Å². The zero-order valence-corrected chi connectivity index (χ0v) is 17.1. The molecule has 2 aromatic rings. The number of hydrogen-bond donors (Lipinski definition) is 4. The van der Waals surface area contributed by atoms with Crippen LogP contribution >= 0.6 is 11.8 Å². The Morgan fingerprint density at radius 1 is 1.29 bits per heavy atom. The maximum absolute atomic E-state index is 12.9. The van der Waals surface area contributed by atoms with Crippen LogP contribution in [-0.4, -0.2) is 35.2 Å². The molecule has 1 heterocycles. The number of thioether (sulfide) groups is 1. The Morgan fingerprint density at radius 3 is 2.54 bits per heavy atom. The zero-order valence-electron chi connectivity index (χ0n) is 16.3. The van der Waals surface area contributed by atoms with E-state index in [0.717, 1.165) is 5.69 Å². The summed E-state index contributed by atoms with van der Waals surface area (Å²) in [4.78, 5) is 22.8. The number of carbonyl (C=O) groups excluding carboxylic acids is 1. The molecule has 0 saturated carbocycles. The van der Waals surface area contributed by atoms with Crippen molar-refractivity contribution in [2.24, 2.45) is 16.8 Å². The molecule has 0 aliphatic heterocycles. The highest BCUT2D eigenvalue weighted by Crippen LogP contribution is 2.28. The third-order valence-electron chi connectivity index (χ3n) is 3.69. The molecule has 0 unspecified atom stereocenters. The van der Waals surface area contributed by atoms with Crippen molar-refractivity contribution in [3.8, 4) is 0 Å². The smallest absolute Gasteiger partial charge is 0.256 e. The van der Waals surface area contributed by atoms with Gasteiger partial charge < -0.3 is 11.2 Å². The lowest BCUT2D eigenvalue weighted by Crippen LogP contribution is -2.32. The number of amidine groups is 1. The molecule has 6 N–H and O–H groups in total. The number of hydrogen-bond acceptors (Lipinski definition) is 8. The summed E-state index contributed by atoms with van der Waals surface area (Å²) in [6.07, 6.45) is 1.64. The Hall–Kier alpha value is -2.82. The molecule has 10 heteroatoms. The van der Waals surface area contributed by atoms with E-state index in [0.29, 0.717) is 32.9 Å². The molecular weight excluding hydrogens is 378 g/mol. The number of nitrogens with zero attached hydrogens (tertiary/aromatic N) is 3. The van der Waals surface area contributed by atoms with Gasteiger partial charge in [-0.05, 0) is 48.0 Å². The molecule has 2 rings (SSSR count). The van der Waals surface area contributed by atoms with Crippen LogP contribution in [0.1, 0.15) is 35.8 Å². The molecule has 1 amide bonds. The van der Waals surface area contributed by atoms with Crippen LogP contribution in [0.15, 0.2) is 46.5 Å². The molecule has 150 valence electrons. The largest absolute Gasteiger partial charge is 0.321 e. The number of rotatable bonds is 6. The second kappa shape index (κ2) is 9.93. The average molecular weight is 404 g/mol. The fourth-order valence-corrected chi connectivity index (χ4v) is 3.08. The van der Waals surface area contributed by atoms with Gasteiger partial charge in [-0.1, -0.05) is 13.8 Å². The van der Waals surface area contributed by atoms with Crippen molar-refractivity contribution >= 4 is 34.2 Å². The van der Waals surface area contributed by atoms with Crippen LogP contribution in [0, 0.1) is 0 Å². The molecule has 0 aliphatic carbocycles. The normalized spacial score (nSPS) is 11.4. The molecule has 1 aromatic carbocycles. The van der Waals surface area contributed by atoms with Gasteiger partial charge in [-0.2, -0.15) is 5.10 Å². The SMILES string of the molecule is CONc1ccc(S/C(=N/N)N(C)N)c(C(=O)Nc2ccc(C(C)C)nc2)c1. The van der Waals surface area contributed by atoms with Gasteiger partial charge in [-0.15, -0.1) is 0 Å². The minimum Gasteiger partial charge on any atom is -0.321 e. The van der Waals surface area contributed by atoms with Crippen molar-refractivity contribution in [1.29, 1.82) is 0 Å². The lowest BCUT2D eigenvalue weighted by Gasteiger charge is -2.16. The number of carbonyl (C=O) groups is 1.